The van der Waals surface area contributed by atoms with E-state index in [-0.39, 0.29) is 6.04 Å². The summed E-state index contributed by atoms with van der Waals surface area (Å²) >= 11 is 0. The fourth-order valence-electron chi connectivity index (χ4n) is 5.82. The SMILES string of the molecule is COc1ccc(N2CCCn3nc(NC4[C@@H]5CC[C@@H]4CN(c4ccnc(C(F)(F)F)c4)C5)nc32)cc1. The molecule has 0 spiro atoms. The van der Waals surface area contributed by atoms with Crippen LogP contribution in [0.3, 0.4) is 0 Å². The van der Waals surface area contributed by atoms with E-state index >= 15 is 0 Å². The zero-order valence-electron chi connectivity index (χ0n) is 19.9. The normalized spacial score (nSPS) is 23.5. The third-order valence-corrected chi connectivity index (χ3v) is 7.56. The van der Waals surface area contributed by atoms with Crippen molar-refractivity contribution in [2.75, 3.05) is 41.9 Å². The van der Waals surface area contributed by atoms with E-state index in [9.17, 15) is 13.2 Å². The first kappa shape index (κ1) is 22.9. The molecule has 2 aromatic heterocycles. The second-order valence-corrected chi connectivity index (χ2v) is 9.73. The molecular weight excluding hydrogens is 471 g/mol. The Bertz CT molecular complexity index is 1220. The number of nitrogens with zero attached hydrogens (tertiary/aromatic N) is 6. The average Bonchev–Trinajstić information content (AvgIpc) is 3.39. The number of benzene rings is 1. The predicted molar refractivity (Wildman–Crippen MR) is 130 cm³/mol. The van der Waals surface area contributed by atoms with Crippen LogP contribution in [0, 0.1) is 11.8 Å². The number of hydrogen-bond donors (Lipinski definition) is 1. The van der Waals surface area contributed by atoms with E-state index in [0.29, 0.717) is 36.6 Å². The highest BCUT2D eigenvalue weighted by atomic mass is 19.4. The van der Waals surface area contributed by atoms with Crippen molar-refractivity contribution in [1.29, 1.82) is 0 Å². The van der Waals surface area contributed by atoms with E-state index in [1.807, 2.05) is 28.9 Å². The van der Waals surface area contributed by atoms with Gasteiger partial charge in [-0.2, -0.15) is 18.2 Å². The molecule has 1 aromatic carbocycles. The minimum atomic E-state index is -4.44. The number of ether oxygens (including phenoxy) is 1. The third kappa shape index (κ3) is 4.20. The van der Waals surface area contributed by atoms with Gasteiger partial charge in [-0.3, -0.25) is 4.98 Å². The smallest absolute Gasteiger partial charge is 0.433 e. The van der Waals surface area contributed by atoms with Gasteiger partial charge in [0.2, 0.25) is 11.9 Å². The fourth-order valence-corrected chi connectivity index (χ4v) is 5.82. The summed E-state index contributed by atoms with van der Waals surface area (Å²) in [5, 5.41) is 8.34. The summed E-state index contributed by atoms with van der Waals surface area (Å²) in [7, 11) is 1.65. The topological polar surface area (TPSA) is 71.3 Å². The van der Waals surface area contributed by atoms with Gasteiger partial charge in [0.1, 0.15) is 11.4 Å². The van der Waals surface area contributed by atoms with Gasteiger partial charge in [0.05, 0.1) is 7.11 Å². The number of fused-ring (bicyclic) bond motifs is 3. The Morgan fingerprint density at radius 2 is 1.75 bits per heavy atom. The number of pyridine rings is 1. The molecule has 11 heteroatoms. The molecule has 2 atom stereocenters. The fraction of sp³-hybridized carbons (Fsp3) is 0.480. The Morgan fingerprint density at radius 3 is 2.44 bits per heavy atom. The zero-order chi connectivity index (χ0) is 24.9. The van der Waals surface area contributed by atoms with Crippen molar-refractivity contribution < 1.29 is 17.9 Å². The molecule has 1 saturated heterocycles. The highest BCUT2D eigenvalue weighted by molar-refractivity contribution is 5.60. The number of hydrogen-bond acceptors (Lipinski definition) is 7. The van der Waals surface area contributed by atoms with E-state index < -0.39 is 11.9 Å². The molecule has 6 rings (SSSR count). The van der Waals surface area contributed by atoms with E-state index in [2.05, 4.69) is 20.1 Å². The molecule has 190 valence electrons. The molecular formula is C25H28F3N7O. The molecule has 3 aliphatic rings. The van der Waals surface area contributed by atoms with Crippen LogP contribution in [0.5, 0.6) is 5.75 Å². The predicted octanol–water partition coefficient (Wildman–Crippen LogP) is 4.57. The lowest BCUT2D eigenvalue weighted by Gasteiger charge is -2.39. The molecule has 8 nitrogen and oxygen atoms in total. The number of piperidine rings is 1. The first-order chi connectivity index (χ1) is 17.4. The maximum Gasteiger partial charge on any atom is 0.433 e. The van der Waals surface area contributed by atoms with Crippen molar-refractivity contribution in [3.63, 3.8) is 0 Å². The Labute approximate surface area is 207 Å². The molecule has 0 amide bonds. The van der Waals surface area contributed by atoms with Crippen LogP contribution in [0.25, 0.3) is 0 Å². The maximum absolute atomic E-state index is 13.2. The molecule has 1 saturated carbocycles. The van der Waals surface area contributed by atoms with Crippen LogP contribution in [-0.2, 0) is 12.7 Å². The number of aromatic nitrogens is 4. The third-order valence-electron chi connectivity index (χ3n) is 7.56. The minimum absolute atomic E-state index is 0.198. The summed E-state index contributed by atoms with van der Waals surface area (Å²) < 4.78 is 46.7. The van der Waals surface area contributed by atoms with Crippen molar-refractivity contribution in [2.24, 2.45) is 11.8 Å². The molecule has 0 radical (unpaired) electrons. The zero-order valence-corrected chi connectivity index (χ0v) is 19.9. The van der Waals surface area contributed by atoms with Crippen molar-refractivity contribution in [1.82, 2.24) is 19.7 Å². The number of methoxy groups -OCH3 is 1. The molecule has 2 bridgehead atoms. The van der Waals surface area contributed by atoms with Gasteiger partial charge in [-0.25, -0.2) is 4.68 Å². The highest BCUT2D eigenvalue weighted by Crippen LogP contribution is 2.41. The van der Waals surface area contributed by atoms with Crippen molar-refractivity contribution >= 4 is 23.3 Å². The molecule has 2 aliphatic heterocycles. The van der Waals surface area contributed by atoms with Gasteiger partial charge in [-0.15, -0.1) is 5.10 Å². The Balaban J connectivity index is 1.18. The lowest BCUT2D eigenvalue weighted by atomic mass is 9.92. The lowest BCUT2D eigenvalue weighted by Crippen LogP contribution is -2.48. The summed E-state index contributed by atoms with van der Waals surface area (Å²) in [6.45, 7) is 3.06. The number of anilines is 4. The maximum atomic E-state index is 13.2. The standard InChI is InChI=1S/C25H28F3N7O/c1-36-20-7-5-18(6-8-20)34-11-2-12-35-24(34)31-23(32-35)30-22-16-3-4-17(22)15-33(14-16)19-9-10-29-21(13-19)25(26,27)28/h5-10,13,16-17,22H,2-4,11-12,14-15H2,1H3,(H,30,32)/t16-,17-/m1/s1. The number of rotatable bonds is 5. The summed E-state index contributed by atoms with van der Waals surface area (Å²) in [5.41, 5.74) is 0.778. The van der Waals surface area contributed by atoms with Gasteiger partial charge in [0.25, 0.3) is 0 Å². The molecule has 1 aliphatic carbocycles. The lowest BCUT2D eigenvalue weighted by molar-refractivity contribution is -0.141. The Hall–Kier alpha value is -3.50. The number of halogens is 3. The first-order valence-electron chi connectivity index (χ1n) is 12.3. The average molecular weight is 500 g/mol. The Kier molecular flexibility index (Phi) is 5.65. The summed E-state index contributed by atoms with van der Waals surface area (Å²) in [6.07, 6.45) is -0.167. The van der Waals surface area contributed by atoms with Crippen LogP contribution in [0.15, 0.2) is 42.6 Å². The number of nitrogens with one attached hydrogen (secondary N) is 1. The van der Waals surface area contributed by atoms with Crippen molar-refractivity contribution in [2.45, 2.75) is 38.0 Å². The van der Waals surface area contributed by atoms with E-state index in [4.69, 9.17) is 14.8 Å². The monoisotopic (exact) mass is 499 g/mol. The van der Waals surface area contributed by atoms with Crippen molar-refractivity contribution in [3.05, 3.63) is 48.3 Å². The summed E-state index contributed by atoms with van der Waals surface area (Å²) in [6, 6.07) is 11.0. The summed E-state index contributed by atoms with van der Waals surface area (Å²) in [4.78, 5) is 12.6. The van der Waals surface area contributed by atoms with Gasteiger partial charge in [0, 0.05) is 49.8 Å². The van der Waals surface area contributed by atoms with E-state index in [1.54, 1.807) is 13.2 Å². The van der Waals surface area contributed by atoms with Crippen LogP contribution in [0.1, 0.15) is 25.0 Å². The molecule has 36 heavy (non-hydrogen) atoms. The molecule has 2 fully saturated rings. The van der Waals surface area contributed by atoms with Crippen LogP contribution in [0.4, 0.5) is 36.4 Å². The van der Waals surface area contributed by atoms with Crippen molar-refractivity contribution in [3.8, 4) is 5.75 Å². The first-order valence-corrected chi connectivity index (χ1v) is 12.3. The second-order valence-electron chi connectivity index (χ2n) is 9.73. The quantitative estimate of drug-likeness (QED) is 0.552. The van der Waals surface area contributed by atoms with Gasteiger partial charge >= 0.3 is 6.18 Å². The number of alkyl halides is 3. The van der Waals surface area contributed by atoms with E-state index in [0.717, 1.165) is 55.8 Å². The highest BCUT2D eigenvalue weighted by Gasteiger charge is 2.43. The van der Waals surface area contributed by atoms with Crippen LogP contribution >= 0.6 is 0 Å². The molecule has 0 unspecified atom stereocenters. The van der Waals surface area contributed by atoms with Gasteiger partial charge in [0.15, 0.2) is 0 Å². The van der Waals surface area contributed by atoms with Gasteiger partial charge in [-0.1, -0.05) is 0 Å². The molecule has 1 N–H and O–H groups in total. The largest absolute Gasteiger partial charge is 0.497 e. The van der Waals surface area contributed by atoms with Gasteiger partial charge in [-0.05, 0) is 67.5 Å². The van der Waals surface area contributed by atoms with E-state index in [1.165, 1.54) is 6.20 Å². The number of aryl methyl sites for hydroxylation is 1. The van der Waals surface area contributed by atoms with Gasteiger partial charge < -0.3 is 19.9 Å². The molecule has 3 aromatic rings. The van der Waals surface area contributed by atoms with Crippen LogP contribution in [0.2, 0.25) is 0 Å². The van der Waals surface area contributed by atoms with Crippen LogP contribution < -0.4 is 19.9 Å². The second kappa shape index (κ2) is 8.86. The van der Waals surface area contributed by atoms with Crippen LogP contribution in [-0.4, -0.2) is 52.5 Å². The summed E-state index contributed by atoms with van der Waals surface area (Å²) in [5.74, 6) is 2.86. The minimum Gasteiger partial charge on any atom is -0.497 e. The Morgan fingerprint density at radius 1 is 1.00 bits per heavy atom. The molecule has 4 heterocycles.